The lowest BCUT2D eigenvalue weighted by molar-refractivity contribution is -0.183. The maximum atomic E-state index is 9.38. The van der Waals surface area contributed by atoms with Gasteiger partial charge in [-0.2, -0.15) is 10.4 Å². The minimum atomic E-state index is -1.97. The Balaban J connectivity index is 1.68. The summed E-state index contributed by atoms with van der Waals surface area (Å²) in [5.41, 5.74) is 3.13. The first-order valence-electron chi connectivity index (χ1n) is 12.0. The molecule has 0 aliphatic carbocycles. The number of hydrazone groups is 1. The fraction of sp³-hybridized carbons (Fsp3) is 0.680. The summed E-state index contributed by atoms with van der Waals surface area (Å²) < 4.78 is 19.5. The van der Waals surface area contributed by atoms with Gasteiger partial charge in [0.05, 0.1) is 22.4 Å². The minimum Gasteiger partial charge on any atom is -0.412 e. The maximum Gasteiger partial charge on any atom is 0.192 e. The van der Waals surface area contributed by atoms with Crippen LogP contribution in [0.5, 0.6) is 0 Å². The molecule has 3 heterocycles. The number of hydrogen-bond acceptors (Lipinski definition) is 6. The highest BCUT2D eigenvalue weighted by atomic mass is 35.5. The Bertz CT molecular complexity index is 963. The summed E-state index contributed by atoms with van der Waals surface area (Å²) in [6, 6.07) is 5.90. The van der Waals surface area contributed by atoms with Crippen molar-refractivity contribution in [1.29, 1.82) is 5.26 Å². The smallest absolute Gasteiger partial charge is 0.192 e. The van der Waals surface area contributed by atoms with E-state index in [4.69, 9.17) is 30.6 Å². The highest BCUT2D eigenvalue weighted by molar-refractivity contribution is 6.74. The zero-order chi connectivity index (χ0) is 24.0. The van der Waals surface area contributed by atoms with E-state index in [2.05, 4.69) is 44.9 Å². The first-order chi connectivity index (χ1) is 15.5. The minimum absolute atomic E-state index is 0.00784. The number of nitrogens with zero attached hydrogens (tertiary/aromatic N) is 3. The third kappa shape index (κ3) is 4.74. The van der Waals surface area contributed by atoms with Gasteiger partial charge in [-0.05, 0) is 62.4 Å². The molecule has 4 rings (SSSR count). The highest BCUT2D eigenvalue weighted by Crippen LogP contribution is 2.42. The number of rotatable bonds is 5. The summed E-state index contributed by atoms with van der Waals surface area (Å²) in [5.74, 6) is 0. The highest BCUT2D eigenvalue weighted by Gasteiger charge is 2.52. The summed E-state index contributed by atoms with van der Waals surface area (Å²) >= 11 is 6.53. The Morgan fingerprint density at radius 3 is 2.64 bits per heavy atom. The fourth-order valence-electron chi connectivity index (χ4n) is 4.66. The number of benzene rings is 1. The van der Waals surface area contributed by atoms with Gasteiger partial charge >= 0.3 is 0 Å². The molecule has 180 valence electrons. The SMILES string of the molecule is Cc1c(C2=NN3CC[C@H](O[Si](C)(C)C(C)(C)C)[C@H]3[C@@H]2OC2CCCCO2)ccc(C#N)c1Cl. The van der Waals surface area contributed by atoms with Crippen LogP contribution >= 0.6 is 11.6 Å². The predicted molar refractivity (Wildman–Crippen MR) is 133 cm³/mol. The molecule has 3 aliphatic rings. The summed E-state index contributed by atoms with van der Waals surface area (Å²) in [6.45, 7) is 14.9. The molecule has 0 radical (unpaired) electrons. The first kappa shape index (κ1) is 24.7. The van der Waals surface area contributed by atoms with Crippen molar-refractivity contribution in [2.24, 2.45) is 5.10 Å². The van der Waals surface area contributed by atoms with Crippen LogP contribution in [0.3, 0.4) is 0 Å². The van der Waals surface area contributed by atoms with Gasteiger partial charge in [0, 0.05) is 18.7 Å². The molecule has 33 heavy (non-hydrogen) atoms. The van der Waals surface area contributed by atoms with Crippen molar-refractivity contribution in [3.05, 3.63) is 33.8 Å². The molecule has 1 aromatic carbocycles. The van der Waals surface area contributed by atoms with Crippen LogP contribution < -0.4 is 0 Å². The van der Waals surface area contributed by atoms with Crippen molar-refractivity contribution in [3.63, 3.8) is 0 Å². The van der Waals surface area contributed by atoms with E-state index in [9.17, 15) is 5.26 Å². The second-order valence-corrected chi connectivity index (χ2v) is 16.0. The zero-order valence-corrected chi connectivity index (χ0v) is 22.4. The number of ether oxygens (including phenoxy) is 2. The predicted octanol–water partition coefficient (Wildman–Crippen LogP) is 5.61. The third-order valence-corrected chi connectivity index (χ3v) is 12.6. The molecule has 1 unspecified atom stereocenters. The van der Waals surface area contributed by atoms with Crippen molar-refractivity contribution in [3.8, 4) is 6.07 Å². The van der Waals surface area contributed by atoms with Crippen LogP contribution in [-0.2, 0) is 13.9 Å². The zero-order valence-electron chi connectivity index (χ0n) is 20.7. The van der Waals surface area contributed by atoms with Crippen molar-refractivity contribution >= 4 is 25.6 Å². The van der Waals surface area contributed by atoms with E-state index < -0.39 is 8.32 Å². The summed E-state index contributed by atoms with van der Waals surface area (Å²) in [6.07, 6.45) is 3.54. The van der Waals surface area contributed by atoms with E-state index in [1.807, 2.05) is 13.0 Å². The number of halogens is 1. The second kappa shape index (κ2) is 9.31. The van der Waals surface area contributed by atoms with Gasteiger partial charge in [0.1, 0.15) is 18.2 Å². The molecular weight excluding hydrogens is 454 g/mol. The van der Waals surface area contributed by atoms with Crippen LogP contribution in [0.15, 0.2) is 17.2 Å². The van der Waals surface area contributed by atoms with Gasteiger partial charge in [0.25, 0.3) is 0 Å². The molecule has 2 saturated heterocycles. The van der Waals surface area contributed by atoms with Crippen LogP contribution in [0.25, 0.3) is 0 Å². The van der Waals surface area contributed by atoms with E-state index in [0.717, 1.165) is 55.7 Å². The molecular formula is C25H36ClN3O3Si. The normalized spacial score (nSPS) is 27.9. The van der Waals surface area contributed by atoms with Gasteiger partial charge in [0.2, 0.25) is 0 Å². The Morgan fingerprint density at radius 2 is 2.00 bits per heavy atom. The molecule has 2 fully saturated rings. The Labute approximate surface area is 204 Å². The quantitative estimate of drug-likeness (QED) is 0.502. The second-order valence-electron chi connectivity index (χ2n) is 10.9. The lowest BCUT2D eigenvalue weighted by Crippen LogP contribution is -2.51. The van der Waals surface area contributed by atoms with E-state index in [1.165, 1.54) is 0 Å². The van der Waals surface area contributed by atoms with Crippen molar-refractivity contribution in [2.75, 3.05) is 13.2 Å². The average molecular weight is 490 g/mol. The molecule has 0 saturated carbocycles. The average Bonchev–Trinajstić information content (AvgIpc) is 3.30. The van der Waals surface area contributed by atoms with Crippen LogP contribution in [0.1, 0.15) is 63.1 Å². The molecule has 0 N–H and O–H groups in total. The molecule has 1 aromatic rings. The largest absolute Gasteiger partial charge is 0.412 e. The monoisotopic (exact) mass is 489 g/mol. The van der Waals surface area contributed by atoms with Crippen LogP contribution in [0, 0.1) is 18.3 Å². The number of hydrogen-bond donors (Lipinski definition) is 0. The number of fused-ring (bicyclic) bond motifs is 1. The van der Waals surface area contributed by atoms with Gasteiger partial charge < -0.3 is 13.9 Å². The van der Waals surface area contributed by atoms with Crippen LogP contribution in [-0.4, -0.2) is 56.7 Å². The van der Waals surface area contributed by atoms with Crippen molar-refractivity contribution in [2.45, 2.75) is 96.1 Å². The lowest BCUT2D eigenvalue weighted by atomic mass is 9.94. The first-order valence-corrected chi connectivity index (χ1v) is 15.3. The van der Waals surface area contributed by atoms with Gasteiger partial charge in [-0.15, -0.1) is 0 Å². The Hall–Kier alpha value is -1.43. The summed E-state index contributed by atoms with van der Waals surface area (Å²) in [4.78, 5) is 0. The molecule has 3 aliphatic heterocycles. The van der Waals surface area contributed by atoms with Crippen LogP contribution in [0.2, 0.25) is 23.2 Å². The molecule has 0 bridgehead atoms. The molecule has 0 spiro atoms. The van der Waals surface area contributed by atoms with Gasteiger partial charge in [-0.3, -0.25) is 5.01 Å². The van der Waals surface area contributed by atoms with Gasteiger partial charge in [0.15, 0.2) is 14.6 Å². The lowest BCUT2D eigenvalue weighted by Gasteiger charge is -2.40. The fourth-order valence-corrected chi connectivity index (χ4v) is 6.24. The summed E-state index contributed by atoms with van der Waals surface area (Å²) in [5, 5.41) is 17.2. The standard InChI is InChI=1S/C25H36ClN3O3Si/c1-16-18(11-10-17(15-27)21(16)26)22-24(31-20-9-7-8-14-30-20)23-19(12-13-29(23)28-22)32-33(5,6)25(2,3)4/h10-11,19-20,23-24H,7-9,12-14H2,1-6H3/t19-,20?,23-,24+/m0/s1. The summed E-state index contributed by atoms with van der Waals surface area (Å²) in [7, 11) is -1.97. The molecule has 6 nitrogen and oxygen atoms in total. The van der Waals surface area contributed by atoms with E-state index in [0.29, 0.717) is 10.6 Å². The van der Waals surface area contributed by atoms with Crippen molar-refractivity contribution < 1.29 is 13.9 Å². The Morgan fingerprint density at radius 1 is 1.24 bits per heavy atom. The third-order valence-electron chi connectivity index (χ3n) is 7.65. The van der Waals surface area contributed by atoms with Crippen molar-refractivity contribution in [1.82, 2.24) is 5.01 Å². The Kier molecular flexibility index (Phi) is 6.97. The topological polar surface area (TPSA) is 67.1 Å². The molecule has 0 aromatic heterocycles. The molecule has 0 amide bonds. The van der Waals surface area contributed by atoms with Crippen LogP contribution in [0.4, 0.5) is 0 Å². The van der Waals surface area contributed by atoms with Gasteiger partial charge in [-0.1, -0.05) is 38.4 Å². The number of nitriles is 1. The van der Waals surface area contributed by atoms with E-state index in [-0.39, 0.29) is 29.6 Å². The maximum absolute atomic E-state index is 9.38. The van der Waals surface area contributed by atoms with E-state index in [1.54, 1.807) is 6.07 Å². The van der Waals surface area contributed by atoms with E-state index >= 15 is 0 Å². The van der Waals surface area contributed by atoms with Gasteiger partial charge in [-0.25, -0.2) is 0 Å². The molecule has 8 heteroatoms. The molecule has 4 atom stereocenters.